The van der Waals surface area contributed by atoms with E-state index < -0.39 is 30.4 Å². The Morgan fingerprint density at radius 2 is 2.06 bits per heavy atom. The molecule has 1 heterocycles. The highest BCUT2D eigenvalue weighted by Gasteiger charge is 2.22. The van der Waals surface area contributed by atoms with Crippen molar-refractivity contribution in [1.29, 1.82) is 0 Å². The van der Waals surface area contributed by atoms with Gasteiger partial charge in [0.1, 0.15) is 6.04 Å². The largest absolute Gasteiger partial charge is 0.481 e. The molecule has 1 rings (SSSR count). The van der Waals surface area contributed by atoms with Gasteiger partial charge in [0.25, 0.3) is 0 Å². The number of hydrogen-bond donors (Lipinski definition) is 4. The van der Waals surface area contributed by atoms with Crippen LogP contribution in [0.1, 0.15) is 12.0 Å². The lowest BCUT2D eigenvalue weighted by molar-refractivity contribution is -0.145. The summed E-state index contributed by atoms with van der Waals surface area (Å²) in [6.45, 7) is 0.155. The van der Waals surface area contributed by atoms with Crippen LogP contribution >= 0.6 is 0 Å². The van der Waals surface area contributed by atoms with Crippen molar-refractivity contribution in [3.05, 3.63) is 24.2 Å². The van der Waals surface area contributed by atoms with Crippen molar-refractivity contribution in [3.63, 3.8) is 0 Å². The Morgan fingerprint density at radius 1 is 1.33 bits per heavy atom. The van der Waals surface area contributed by atoms with Crippen LogP contribution in [0.5, 0.6) is 0 Å². The van der Waals surface area contributed by atoms with Crippen molar-refractivity contribution < 1.29 is 29.0 Å². The maximum atomic E-state index is 11.3. The topological polar surface area (TPSA) is 129 Å². The summed E-state index contributed by atoms with van der Waals surface area (Å²) in [5.41, 5.74) is 0.704. The molecular formula is C10H12N2O6. The third-order valence-electron chi connectivity index (χ3n) is 2.02. The zero-order valence-corrected chi connectivity index (χ0v) is 9.25. The minimum Gasteiger partial charge on any atom is -0.481 e. The first-order valence-corrected chi connectivity index (χ1v) is 4.99. The Hall–Kier alpha value is -2.51. The van der Waals surface area contributed by atoms with E-state index in [1.807, 2.05) is 5.32 Å². The molecular weight excluding hydrogens is 244 g/mol. The number of carbonyl (C=O) groups is 3. The van der Waals surface area contributed by atoms with Crippen LogP contribution in [0.25, 0.3) is 0 Å². The van der Waals surface area contributed by atoms with Crippen molar-refractivity contribution in [2.75, 3.05) is 0 Å². The van der Waals surface area contributed by atoms with Gasteiger partial charge in [0.05, 0.1) is 18.9 Å². The second kappa shape index (κ2) is 6.28. The highest BCUT2D eigenvalue weighted by molar-refractivity contribution is 5.86. The van der Waals surface area contributed by atoms with Crippen LogP contribution < -0.4 is 10.6 Å². The Labute approximate surface area is 102 Å². The van der Waals surface area contributed by atoms with Crippen LogP contribution in [-0.2, 0) is 16.1 Å². The van der Waals surface area contributed by atoms with Gasteiger partial charge in [-0.25, -0.2) is 9.59 Å². The van der Waals surface area contributed by atoms with Gasteiger partial charge in [-0.2, -0.15) is 0 Å². The first kappa shape index (κ1) is 13.6. The maximum absolute atomic E-state index is 11.3. The van der Waals surface area contributed by atoms with Gasteiger partial charge >= 0.3 is 18.0 Å². The van der Waals surface area contributed by atoms with Gasteiger partial charge in [0, 0.05) is 12.1 Å². The van der Waals surface area contributed by atoms with Gasteiger partial charge in [-0.1, -0.05) is 0 Å². The predicted octanol–water partition coefficient (Wildman–Crippen LogP) is 0.00670. The van der Waals surface area contributed by atoms with E-state index in [0.717, 1.165) is 0 Å². The van der Waals surface area contributed by atoms with Crippen molar-refractivity contribution in [1.82, 2.24) is 10.6 Å². The van der Waals surface area contributed by atoms with Gasteiger partial charge in [-0.15, -0.1) is 0 Å². The molecule has 0 spiro atoms. The number of urea groups is 1. The zero-order valence-electron chi connectivity index (χ0n) is 9.25. The van der Waals surface area contributed by atoms with Gasteiger partial charge in [0.2, 0.25) is 0 Å². The van der Waals surface area contributed by atoms with Crippen LogP contribution in [0, 0.1) is 0 Å². The van der Waals surface area contributed by atoms with Crippen LogP contribution in [0.4, 0.5) is 4.79 Å². The number of amides is 2. The van der Waals surface area contributed by atoms with Crippen molar-refractivity contribution in [3.8, 4) is 0 Å². The summed E-state index contributed by atoms with van der Waals surface area (Å²) >= 11 is 0. The first-order chi connectivity index (χ1) is 8.49. The normalized spacial score (nSPS) is 11.6. The van der Waals surface area contributed by atoms with E-state index in [4.69, 9.17) is 14.6 Å². The molecule has 0 unspecified atom stereocenters. The van der Waals surface area contributed by atoms with Gasteiger partial charge in [-0.3, -0.25) is 4.79 Å². The fourth-order valence-corrected chi connectivity index (χ4v) is 1.16. The molecule has 1 aromatic heterocycles. The molecule has 8 heteroatoms. The molecule has 98 valence electrons. The first-order valence-electron chi connectivity index (χ1n) is 4.99. The number of nitrogens with one attached hydrogen (secondary N) is 2. The molecule has 18 heavy (non-hydrogen) atoms. The average molecular weight is 256 g/mol. The summed E-state index contributed by atoms with van der Waals surface area (Å²) in [6, 6.07) is -0.594. The third-order valence-corrected chi connectivity index (χ3v) is 2.02. The standard InChI is InChI=1S/C10H12N2O6/c13-8(14)3-7(9(15)16)12-10(17)11-4-6-1-2-18-5-6/h1-2,5,7H,3-4H2,(H,13,14)(H,15,16)(H2,11,12,17)/t7-/m0/s1. The molecule has 0 saturated heterocycles. The second-order valence-electron chi connectivity index (χ2n) is 3.45. The Balaban J connectivity index is 2.41. The van der Waals surface area contributed by atoms with Gasteiger partial charge in [-0.05, 0) is 6.07 Å². The minimum absolute atomic E-state index is 0.155. The summed E-state index contributed by atoms with van der Waals surface area (Å²) in [4.78, 5) is 32.4. The summed E-state index contributed by atoms with van der Waals surface area (Å²) in [5, 5.41) is 21.6. The number of carbonyl (C=O) groups excluding carboxylic acids is 1. The SMILES string of the molecule is O=C(O)C[C@H](NC(=O)NCc1ccoc1)C(=O)O. The fourth-order valence-electron chi connectivity index (χ4n) is 1.16. The lowest BCUT2D eigenvalue weighted by Crippen LogP contribution is -2.46. The molecule has 2 amide bonds. The molecule has 0 aliphatic rings. The quantitative estimate of drug-likeness (QED) is 0.567. The van der Waals surface area contributed by atoms with Crippen LogP contribution in [0.15, 0.2) is 23.0 Å². The van der Waals surface area contributed by atoms with Gasteiger partial charge < -0.3 is 25.3 Å². The smallest absolute Gasteiger partial charge is 0.326 e. The summed E-state index contributed by atoms with van der Waals surface area (Å²) in [6.07, 6.45) is 2.17. The molecule has 4 N–H and O–H groups in total. The van der Waals surface area contributed by atoms with E-state index in [2.05, 4.69) is 5.32 Å². The molecule has 8 nitrogen and oxygen atoms in total. The van der Waals surface area contributed by atoms with Crippen molar-refractivity contribution >= 4 is 18.0 Å². The Kier molecular flexibility index (Phi) is 4.73. The number of carboxylic acids is 2. The van der Waals surface area contributed by atoms with E-state index in [-0.39, 0.29) is 6.54 Å². The number of aliphatic carboxylic acids is 2. The highest BCUT2D eigenvalue weighted by atomic mass is 16.4. The molecule has 0 fully saturated rings. The average Bonchev–Trinajstić information content (AvgIpc) is 2.77. The molecule has 0 saturated carbocycles. The fraction of sp³-hybridized carbons (Fsp3) is 0.300. The molecule has 0 bridgehead atoms. The maximum Gasteiger partial charge on any atom is 0.326 e. The van der Waals surface area contributed by atoms with Crippen molar-refractivity contribution in [2.45, 2.75) is 19.0 Å². The summed E-state index contributed by atoms with van der Waals surface area (Å²) in [5.74, 6) is -2.71. The predicted molar refractivity (Wildman–Crippen MR) is 57.8 cm³/mol. The lowest BCUT2D eigenvalue weighted by atomic mass is 10.2. The number of hydrogen-bond acceptors (Lipinski definition) is 4. The van der Waals surface area contributed by atoms with E-state index in [0.29, 0.717) is 5.56 Å². The second-order valence-corrected chi connectivity index (χ2v) is 3.45. The van der Waals surface area contributed by atoms with E-state index in [9.17, 15) is 14.4 Å². The molecule has 0 aliphatic carbocycles. The highest BCUT2D eigenvalue weighted by Crippen LogP contribution is 1.98. The molecule has 0 aliphatic heterocycles. The Bertz CT molecular complexity index is 428. The summed E-state index contributed by atoms with van der Waals surface area (Å²) < 4.78 is 4.78. The monoisotopic (exact) mass is 256 g/mol. The number of furan rings is 1. The Morgan fingerprint density at radius 3 is 2.56 bits per heavy atom. The number of rotatable bonds is 6. The molecule has 0 aromatic carbocycles. The van der Waals surface area contributed by atoms with Crippen molar-refractivity contribution in [2.24, 2.45) is 0 Å². The van der Waals surface area contributed by atoms with E-state index >= 15 is 0 Å². The van der Waals surface area contributed by atoms with Gasteiger partial charge in [0.15, 0.2) is 0 Å². The molecule has 0 radical (unpaired) electrons. The lowest BCUT2D eigenvalue weighted by Gasteiger charge is -2.12. The summed E-state index contributed by atoms with van der Waals surface area (Å²) in [7, 11) is 0. The minimum atomic E-state index is -1.47. The number of carboxylic acid groups (broad SMARTS) is 2. The molecule has 1 aromatic rings. The van der Waals surface area contributed by atoms with E-state index in [1.165, 1.54) is 12.5 Å². The van der Waals surface area contributed by atoms with Crippen LogP contribution in [-0.4, -0.2) is 34.2 Å². The molecule has 1 atom stereocenters. The zero-order chi connectivity index (χ0) is 13.5. The third kappa shape index (κ3) is 4.56. The van der Waals surface area contributed by atoms with E-state index in [1.54, 1.807) is 6.07 Å². The van der Waals surface area contributed by atoms with Crippen LogP contribution in [0.2, 0.25) is 0 Å². The van der Waals surface area contributed by atoms with Crippen LogP contribution in [0.3, 0.4) is 0 Å².